The largest absolute Gasteiger partial charge is 0.207 e. The summed E-state index contributed by atoms with van der Waals surface area (Å²) in [5.74, 6) is -4.85. The van der Waals surface area contributed by atoms with Crippen LogP contribution in [0.2, 0.25) is 0 Å². The SMILES string of the molecule is CC.CC.CC.Cc1ccc(F)c(F)c1F.Cc1ccc(F)cc1F.Cc1cccc(F)c1. The summed E-state index contributed by atoms with van der Waals surface area (Å²) in [6.45, 7) is 16.8. The van der Waals surface area contributed by atoms with Crippen LogP contribution in [-0.4, -0.2) is 0 Å². The highest BCUT2D eigenvalue weighted by molar-refractivity contribution is 5.18. The van der Waals surface area contributed by atoms with Crippen molar-refractivity contribution >= 4 is 0 Å². The van der Waals surface area contributed by atoms with Gasteiger partial charge in [0.05, 0.1) is 0 Å². The number of hydrogen-bond donors (Lipinski definition) is 0. The van der Waals surface area contributed by atoms with Crippen molar-refractivity contribution in [2.45, 2.75) is 62.3 Å². The highest BCUT2D eigenvalue weighted by Gasteiger charge is 2.09. The van der Waals surface area contributed by atoms with Gasteiger partial charge in [0.2, 0.25) is 0 Å². The number of halogens is 6. The smallest absolute Gasteiger partial charge is 0.194 e. The molecule has 0 aliphatic carbocycles. The maximum atomic E-state index is 12.4. The molecule has 0 heterocycles. The molecular weight excluding hydrogens is 438 g/mol. The molecule has 0 aliphatic heterocycles. The van der Waals surface area contributed by atoms with Crippen molar-refractivity contribution in [2.24, 2.45) is 0 Å². The molecule has 0 amide bonds. The summed E-state index contributed by atoms with van der Waals surface area (Å²) in [5, 5.41) is 0. The first-order chi connectivity index (χ1) is 15.6. The van der Waals surface area contributed by atoms with Gasteiger partial charge in [-0.3, -0.25) is 0 Å². The molecule has 0 bridgehead atoms. The first kappa shape index (κ1) is 34.8. The molecule has 3 aromatic carbocycles. The van der Waals surface area contributed by atoms with Crippen molar-refractivity contribution in [3.05, 3.63) is 106 Å². The predicted molar refractivity (Wildman–Crippen MR) is 127 cm³/mol. The number of benzene rings is 3. The van der Waals surface area contributed by atoms with Crippen molar-refractivity contribution in [1.82, 2.24) is 0 Å². The van der Waals surface area contributed by atoms with E-state index in [4.69, 9.17) is 0 Å². The van der Waals surface area contributed by atoms with Gasteiger partial charge in [0, 0.05) is 6.07 Å². The van der Waals surface area contributed by atoms with Crippen molar-refractivity contribution in [3.63, 3.8) is 0 Å². The number of aryl methyl sites for hydroxylation is 3. The van der Waals surface area contributed by atoms with Gasteiger partial charge in [-0.25, -0.2) is 26.3 Å². The zero-order valence-electron chi connectivity index (χ0n) is 21.0. The third kappa shape index (κ3) is 15.6. The van der Waals surface area contributed by atoms with Gasteiger partial charge in [0.25, 0.3) is 0 Å². The maximum absolute atomic E-state index is 12.4. The van der Waals surface area contributed by atoms with Gasteiger partial charge >= 0.3 is 0 Å². The molecule has 0 aliphatic rings. The molecule has 0 fully saturated rings. The van der Waals surface area contributed by atoms with Gasteiger partial charge in [-0.15, -0.1) is 0 Å². The standard InChI is InChI=1S/C7H5F3.C7H6F2.C7H7F.3C2H6/c1-4-2-3-5(8)7(10)6(4)9;1-5-2-3-6(8)4-7(5)9;1-6-3-2-4-7(8)5-6;3*1-2/h2-3H,1H3;2-4H,1H3;2-5H,1H3;3*1-2H3. The lowest BCUT2D eigenvalue weighted by Gasteiger charge is -1.96. The Bertz CT molecular complexity index is 848. The third-order valence-corrected chi connectivity index (χ3v) is 3.34. The fraction of sp³-hybridized carbons (Fsp3) is 0.333. The first-order valence-electron chi connectivity index (χ1n) is 10.9. The zero-order chi connectivity index (χ0) is 26.6. The summed E-state index contributed by atoms with van der Waals surface area (Å²) in [4.78, 5) is 0. The van der Waals surface area contributed by atoms with Crippen molar-refractivity contribution in [2.75, 3.05) is 0 Å². The van der Waals surface area contributed by atoms with Crippen LogP contribution in [0.25, 0.3) is 0 Å². The van der Waals surface area contributed by atoms with E-state index in [1.54, 1.807) is 13.0 Å². The lowest BCUT2D eigenvalue weighted by atomic mass is 10.2. The van der Waals surface area contributed by atoms with Crippen LogP contribution in [0.5, 0.6) is 0 Å². The molecule has 0 unspecified atom stereocenters. The minimum Gasteiger partial charge on any atom is -0.207 e. The van der Waals surface area contributed by atoms with Gasteiger partial charge in [0.15, 0.2) is 17.5 Å². The van der Waals surface area contributed by atoms with E-state index >= 15 is 0 Å². The monoisotopic (exact) mass is 474 g/mol. The first-order valence-corrected chi connectivity index (χ1v) is 10.9. The highest BCUT2D eigenvalue weighted by Crippen LogP contribution is 2.13. The molecular formula is C27H36F6. The van der Waals surface area contributed by atoms with E-state index in [0.29, 0.717) is 5.56 Å². The minimum atomic E-state index is -1.40. The van der Waals surface area contributed by atoms with Crippen molar-refractivity contribution < 1.29 is 26.3 Å². The quantitative estimate of drug-likeness (QED) is 0.225. The molecule has 6 heteroatoms. The molecule has 3 rings (SSSR count). The molecule has 0 spiro atoms. The lowest BCUT2D eigenvalue weighted by Crippen LogP contribution is -1.92. The van der Waals surface area contributed by atoms with E-state index < -0.39 is 29.1 Å². The van der Waals surface area contributed by atoms with Gasteiger partial charge in [-0.05, 0) is 61.7 Å². The predicted octanol–water partition coefficient (Wildman–Crippen LogP) is 9.90. The van der Waals surface area contributed by atoms with Gasteiger partial charge in [-0.2, -0.15) is 0 Å². The topological polar surface area (TPSA) is 0 Å². The summed E-state index contributed by atoms with van der Waals surface area (Å²) < 4.78 is 73.4. The number of rotatable bonds is 0. The van der Waals surface area contributed by atoms with Crippen LogP contribution in [-0.2, 0) is 0 Å². The summed E-state index contributed by atoms with van der Waals surface area (Å²) in [5.41, 5.74) is 1.54. The zero-order valence-corrected chi connectivity index (χ0v) is 21.0. The Morgan fingerprint density at radius 2 is 0.939 bits per heavy atom. The molecule has 3 aromatic rings. The highest BCUT2D eigenvalue weighted by atomic mass is 19.2. The van der Waals surface area contributed by atoms with Crippen LogP contribution in [0.15, 0.2) is 54.6 Å². The second-order valence-corrected chi connectivity index (χ2v) is 5.68. The molecule has 186 valence electrons. The average Bonchev–Trinajstić information content (AvgIpc) is 2.82. The Hall–Kier alpha value is -2.76. The van der Waals surface area contributed by atoms with Gasteiger partial charge in [0.1, 0.15) is 17.5 Å². The van der Waals surface area contributed by atoms with Crippen LogP contribution in [0.1, 0.15) is 58.2 Å². The second kappa shape index (κ2) is 21.1. The van der Waals surface area contributed by atoms with Crippen LogP contribution in [0.4, 0.5) is 26.3 Å². The summed E-state index contributed by atoms with van der Waals surface area (Å²) >= 11 is 0. The summed E-state index contributed by atoms with van der Waals surface area (Å²) in [6.07, 6.45) is 0. The average molecular weight is 475 g/mol. The fourth-order valence-corrected chi connectivity index (χ4v) is 1.80. The van der Waals surface area contributed by atoms with Crippen LogP contribution >= 0.6 is 0 Å². The van der Waals surface area contributed by atoms with E-state index in [2.05, 4.69) is 0 Å². The Kier molecular flexibility index (Phi) is 22.3. The Balaban J connectivity index is -0.000000368. The maximum Gasteiger partial charge on any atom is 0.194 e. The Morgan fingerprint density at radius 3 is 1.30 bits per heavy atom. The normalized spacial score (nSPS) is 8.45. The Labute approximate surface area is 195 Å². The second-order valence-electron chi connectivity index (χ2n) is 5.68. The van der Waals surface area contributed by atoms with Gasteiger partial charge < -0.3 is 0 Å². The van der Waals surface area contributed by atoms with E-state index in [1.165, 1.54) is 37.3 Å². The van der Waals surface area contributed by atoms with Crippen molar-refractivity contribution in [1.29, 1.82) is 0 Å². The minimum absolute atomic E-state index is 0.110. The Morgan fingerprint density at radius 1 is 0.455 bits per heavy atom. The molecule has 33 heavy (non-hydrogen) atoms. The molecule has 0 saturated carbocycles. The molecule has 0 radical (unpaired) electrons. The molecule has 0 saturated heterocycles. The van der Waals surface area contributed by atoms with E-state index in [0.717, 1.165) is 17.7 Å². The van der Waals surface area contributed by atoms with Crippen LogP contribution < -0.4 is 0 Å². The summed E-state index contributed by atoms with van der Waals surface area (Å²) in [7, 11) is 0. The lowest BCUT2D eigenvalue weighted by molar-refractivity contribution is 0.443. The fourth-order valence-electron chi connectivity index (χ4n) is 1.80. The van der Waals surface area contributed by atoms with E-state index in [1.807, 2.05) is 54.5 Å². The number of hydrogen-bond acceptors (Lipinski definition) is 0. The van der Waals surface area contributed by atoms with Crippen LogP contribution in [0.3, 0.4) is 0 Å². The summed E-state index contributed by atoms with van der Waals surface area (Å²) in [6, 6.07) is 12.1. The van der Waals surface area contributed by atoms with Gasteiger partial charge in [-0.1, -0.05) is 65.8 Å². The molecule has 0 N–H and O–H groups in total. The van der Waals surface area contributed by atoms with E-state index in [9.17, 15) is 26.3 Å². The molecule has 0 nitrogen and oxygen atoms in total. The van der Waals surface area contributed by atoms with Crippen LogP contribution in [0, 0.1) is 55.7 Å². The molecule has 0 aromatic heterocycles. The van der Waals surface area contributed by atoms with E-state index in [-0.39, 0.29) is 11.4 Å². The molecule has 0 atom stereocenters. The van der Waals surface area contributed by atoms with Crippen molar-refractivity contribution in [3.8, 4) is 0 Å². The third-order valence-electron chi connectivity index (χ3n) is 3.34.